The molecule has 2 aliphatic heterocycles. The number of nitrogens with zero attached hydrogens (tertiary/aromatic N) is 6. The predicted molar refractivity (Wildman–Crippen MR) is 132 cm³/mol. The van der Waals surface area contributed by atoms with Gasteiger partial charge in [0.25, 0.3) is 5.91 Å². The number of aromatic nitrogens is 5. The van der Waals surface area contributed by atoms with Gasteiger partial charge in [-0.3, -0.25) is 14.7 Å². The van der Waals surface area contributed by atoms with Crippen molar-refractivity contribution < 1.29 is 19.0 Å². The first-order valence-electron chi connectivity index (χ1n) is 11.9. The molecule has 0 saturated carbocycles. The largest absolute Gasteiger partial charge is 0.492 e. The average molecular weight is 500 g/mol. The third-order valence-corrected chi connectivity index (χ3v) is 6.68. The Bertz CT molecular complexity index is 1440. The first kappa shape index (κ1) is 22.9. The van der Waals surface area contributed by atoms with E-state index >= 15 is 0 Å². The molecule has 2 aromatic carbocycles. The molecule has 11 nitrogen and oxygen atoms in total. The van der Waals surface area contributed by atoms with Crippen LogP contribution in [0.5, 0.6) is 17.2 Å². The monoisotopic (exact) mass is 499 g/mol. The number of methoxy groups -OCH3 is 1. The smallest absolute Gasteiger partial charge is 0.251 e. The standard InChI is InChI=1S/C26H25N7O4/c1-32-11-9-18-12-20-23(37-15-36-20)24(35-2)21(18)22(32)25-29-30-31-33(25)19-7-5-17(6-8-19)26(34)28-14-16-4-3-10-27-13-16/h3-8,10,12-13,22H,9,11,14-15H2,1-2H3,(H,28,34)/t22-/m0/s1. The Kier molecular flexibility index (Phi) is 5.89. The van der Waals surface area contributed by atoms with Gasteiger partial charge in [0.05, 0.1) is 12.8 Å². The van der Waals surface area contributed by atoms with Crippen LogP contribution in [0.1, 0.15) is 38.9 Å². The van der Waals surface area contributed by atoms with Crippen LogP contribution in [0, 0.1) is 0 Å². The van der Waals surface area contributed by atoms with E-state index in [1.165, 1.54) is 0 Å². The highest BCUT2D eigenvalue weighted by Crippen LogP contribution is 2.50. The minimum absolute atomic E-state index is 0.162. The van der Waals surface area contributed by atoms with Crippen molar-refractivity contribution >= 4 is 5.91 Å². The highest BCUT2D eigenvalue weighted by Gasteiger charge is 2.37. The molecule has 188 valence electrons. The fourth-order valence-electron chi connectivity index (χ4n) is 4.85. The van der Waals surface area contributed by atoms with Crippen molar-refractivity contribution in [1.82, 2.24) is 35.4 Å². The second kappa shape index (κ2) is 9.51. The highest BCUT2D eigenvalue weighted by atomic mass is 16.7. The van der Waals surface area contributed by atoms with E-state index in [0.717, 1.165) is 35.3 Å². The average Bonchev–Trinajstić information content (AvgIpc) is 3.61. The van der Waals surface area contributed by atoms with Crippen LogP contribution >= 0.6 is 0 Å². The number of rotatable bonds is 6. The summed E-state index contributed by atoms with van der Waals surface area (Å²) >= 11 is 0. The number of carbonyl (C=O) groups is 1. The third-order valence-electron chi connectivity index (χ3n) is 6.68. The molecule has 1 amide bonds. The molecule has 1 N–H and O–H groups in total. The first-order chi connectivity index (χ1) is 18.1. The number of tetrazole rings is 1. The minimum Gasteiger partial charge on any atom is -0.492 e. The van der Waals surface area contributed by atoms with Gasteiger partial charge in [-0.1, -0.05) is 6.07 Å². The second-order valence-corrected chi connectivity index (χ2v) is 8.89. The topological polar surface area (TPSA) is 117 Å². The molecule has 0 saturated heterocycles. The summed E-state index contributed by atoms with van der Waals surface area (Å²) in [4.78, 5) is 18.9. The maximum atomic E-state index is 12.7. The number of likely N-dealkylation sites (N-methyl/N-ethyl adjacent to an activating group) is 1. The van der Waals surface area contributed by atoms with E-state index in [1.54, 1.807) is 36.3 Å². The fraction of sp³-hybridized carbons (Fsp3) is 0.269. The Morgan fingerprint density at radius 3 is 2.86 bits per heavy atom. The minimum atomic E-state index is -0.273. The number of benzene rings is 2. The molecule has 0 fully saturated rings. The van der Waals surface area contributed by atoms with Gasteiger partial charge in [0.15, 0.2) is 17.3 Å². The van der Waals surface area contributed by atoms with E-state index in [4.69, 9.17) is 14.2 Å². The molecule has 1 atom stereocenters. The number of amides is 1. The fourth-order valence-corrected chi connectivity index (χ4v) is 4.85. The molecule has 0 radical (unpaired) electrons. The van der Waals surface area contributed by atoms with E-state index in [2.05, 4.69) is 30.7 Å². The van der Waals surface area contributed by atoms with Gasteiger partial charge in [0, 0.05) is 36.6 Å². The van der Waals surface area contributed by atoms with Crippen LogP contribution in [0.2, 0.25) is 0 Å². The van der Waals surface area contributed by atoms with E-state index in [1.807, 2.05) is 37.4 Å². The zero-order valence-corrected chi connectivity index (χ0v) is 20.4. The van der Waals surface area contributed by atoms with E-state index in [9.17, 15) is 4.79 Å². The Labute approximate surface area is 213 Å². The Balaban J connectivity index is 1.30. The zero-order chi connectivity index (χ0) is 25.4. The van der Waals surface area contributed by atoms with Crippen LogP contribution in [0.25, 0.3) is 5.69 Å². The van der Waals surface area contributed by atoms with Gasteiger partial charge in [-0.05, 0) is 71.4 Å². The van der Waals surface area contributed by atoms with Crippen molar-refractivity contribution in [2.45, 2.75) is 19.0 Å². The summed E-state index contributed by atoms with van der Waals surface area (Å²) in [5.41, 5.74) is 4.28. The van der Waals surface area contributed by atoms with Crippen molar-refractivity contribution in [3.05, 3.63) is 82.9 Å². The molecule has 0 unspecified atom stereocenters. The molecule has 2 aromatic heterocycles. The lowest BCUT2D eigenvalue weighted by Gasteiger charge is -2.34. The van der Waals surface area contributed by atoms with Gasteiger partial charge in [-0.25, -0.2) is 0 Å². The summed E-state index contributed by atoms with van der Waals surface area (Å²) in [6, 6.07) is 12.7. The lowest BCUT2D eigenvalue weighted by Crippen LogP contribution is -2.35. The van der Waals surface area contributed by atoms with Crippen molar-refractivity contribution in [2.24, 2.45) is 0 Å². The van der Waals surface area contributed by atoms with Crippen LogP contribution in [0.15, 0.2) is 54.9 Å². The van der Waals surface area contributed by atoms with Gasteiger partial charge in [-0.15, -0.1) is 5.10 Å². The Morgan fingerprint density at radius 1 is 1.22 bits per heavy atom. The Hall–Kier alpha value is -4.51. The maximum absolute atomic E-state index is 12.7. The molecule has 37 heavy (non-hydrogen) atoms. The maximum Gasteiger partial charge on any atom is 0.251 e. The van der Waals surface area contributed by atoms with Crippen molar-refractivity contribution in [3.8, 4) is 22.9 Å². The lowest BCUT2D eigenvalue weighted by molar-refractivity contribution is 0.0951. The summed E-state index contributed by atoms with van der Waals surface area (Å²) in [5.74, 6) is 2.39. The molecule has 0 aliphatic carbocycles. The van der Waals surface area contributed by atoms with Crippen LogP contribution in [-0.2, 0) is 13.0 Å². The van der Waals surface area contributed by atoms with Crippen molar-refractivity contribution in [2.75, 3.05) is 27.5 Å². The van der Waals surface area contributed by atoms with Gasteiger partial charge in [0.1, 0.15) is 6.04 Å². The highest BCUT2D eigenvalue weighted by molar-refractivity contribution is 5.94. The molecule has 4 aromatic rings. The quantitative estimate of drug-likeness (QED) is 0.426. The predicted octanol–water partition coefficient (Wildman–Crippen LogP) is 2.30. The molecular weight excluding hydrogens is 474 g/mol. The summed E-state index contributed by atoms with van der Waals surface area (Å²) in [5, 5.41) is 15.6. The van der Waals surface area contributed by atoms with Gasteiger partial charge in [0.2, 0.25) is 12.5 Å². The van der Waals surface area contributed by atoms with Crippen LogP contribution in [-0.4, -0.2) is 63.5 Å². The van der Waals surface area contributed by atoms with Gasteiger partial charge < -0.3 is 19.5 Å². The molecule has 11 heteroatoms. The SMILES string of the molecule is COc1c2c(cc3c1[C@@H](c1nnnn1-c1ccc(C(=O)NCc4cccnc4)cc1)N(C)CC3)OCO2. The number of ether oxygens (including phenoxy) is 3. The number of nitrogens with one attached hydrogen (secondary N) is 1. The van der Waals surface area contributed by atoms with Crippen LogP contribution in [0.4, 0.5) is 0 Å². The molecular formula is C26H25N7O4. The number of carbonyl (C=O) groups excluding carboxylic acids is 1. The lowest BCUT2D eigenvalue weighted by atomic mass is 9.90. The van der Waals surface area contributed by atoms with Crippen molar-refractivity contribution in [1.29, 1.82) is 0 Å². The van der Waals surface area contributed by atoms with E-state index in [0.29, 0.717) is 35.2 Å². The third kappa shape index (κ3) is 4.12. The first-order valence-corrected chi connectivity index (χ1v) is 11.9. The summed E-state index contributed by atoms with van der Waals surface area (Å²) in [7, 11) is 3.66. The number of fused-ring (bicyclic) bond motifs is 2. The van der Waals surface area contributed by atoms with Crippen molar-refractivity contribution in [3.63, 3.8) is 0 Å². The number of hydrogen-bond acceptors (Lipinski definition) is 9. The van der Waals surface area contributed by atoms with E-state index < -0.39 is 0 Å². The summed E-state index contributed by atoms with van der Waals surface area (Å²) in [6.07, 6.45) is 4.26. The Morgan fingerprint density at radius 2 is 2.08 bits per heavy atom. The summed E-state index contributed by atoms with van der Waals surface area (Å²) in [6.45, 7) is 1.37. The second-order valence-electron chi connectivity index (χ2n) is 8.89. The number of hydrogen-bond donors (Lipinski definition) is 1. The summed E-state index contributed by atoms with van der Waals surface area (Å²) < 4.78 is 18.9. The molecule has 4 heterocycles. The van der Waals surface area contributed by atoms with E-state index in [-0.39, 0.29) is 18.7 Å². The zero-order valence-electron chi connectivity index (χ0n) is 20.4. The van der Waals surface area contributed by atoms with Gasteiger partial charge in [-0.2, -0.15) is 4.68 Å². The van der Waals surface area contributed by atoms with Gasteiger partial charge >= 0.3 is 0 Å². The molecule has 2 aliphatic rings. The molecule has 0 spiro atoms. The van der Waals surface area contributed by atoms with Crippen LogP contribution in [0.3, 0.4) is 0 Å². The normalized spacial score (nSPS) is 16.3. The molecule has 0 bridgehead atoms. The number of pyridine rings is 1. The van der Waals surface area contributed by atoms with Crippen LogP contribution < -0.4 is 19.5 Å². The molecule has 6 rings (SSSR count).